The van der Waals surface area contributed by atoms with E-state index < -0.39 is 5.38 Å². The number of Topliss-reactive ketones (excluding diaryl/α,β-unsaturated/α-hetero) is 1. The Hall–Kier alpha value is -0.550. The monoisotopic (exact) mass is 199 g/mol. The van der Waals surface area contributed by atoms with Gasteiger partial charge in [0.15, 0.2) is 0 Å². The van der Waals surface area contributed by atoms with Crippen LogP contribution in [0.2, 0.25) is 0 Å². The Morgan fingerprint density at radius 1 is 1.62 bits per heavy atom. The van der Waals surface area contributed by atoms with Gasteiger partial charge in [0.2, 0.25) is 0 Å². The molecule has 0 spiro atoms. The first-order chi connectivity index (χ1) is 6.24. The third-order valence-electron chi connectivity index (χ3n) is 2.59. The number of halogens is 1. The summed E-state index contributed by atoms with van der Waals surface area (Å²) in [5, 5.41) is 8.04. The number of carbonyl (C=O) groups excluding carboxylic acids is 1. The van der Waals surface area contributed by atoms with Crippen molar-refractivity contribution in [1.29, 1.82) is 5.26 Å². The van der Waals surface area contributed by atoms with Gasteiger partial charge in [-0.05, 0) is 25.7 Å². The smallest absolute Gasteiger partial charge is 0.135 e. The van der Waals surface area contributed by atoms with E-state index in [9.17, 15) is 4.79 Å². The van der Waals surface area contributed by atoms with Gasteiger partial charge in [-0.25, -0.2) is 0 Å². The maximum absolute atomic E-state index is 11.4. The molecule has 0 radical (unpaired) electrons. The molecule has 0 N–H and O–H groups in total. The van der Waals surface area contributed by atoms with Crippen LogP contribution in [0.25, 0.3) is 0 Å². The lowest BCUT2D eigenvalue weighted by atomic mass is 9.84. The van der Waals surface area contributed by atoms with Crippen molar-refractivity contribution in [1.82, 2.24) is 0 Å². The minimum Gasteiger partial charge on any atom is -0.299 e. The minimum absolute atomic E-state index is 0.184. The molecule has 1 aliphatic carbocycles. The zero-order chi connectivity index (χ0) is 9.68. The Morgan fingerprint density at radius 3 is 3.00 bits per heavy atom. The molecule has 72 valence electrons. The summed E-state index contributed by atoms with van der Waals surface area (Å²) in [5.41, 5.74) is 0. The molecule has 0 aromatic carbocycles. The molecular formula is C10H14ClNO. The summed E-state index contributed by atoms with van der Waals surface area (Å²) in [6.07, 6.45) is 5.35. The van der Waals surface area contributed by atoms with E-state index in [0.717, 1.165) is 32.1 Å². The topological polar surface area (TPSA) is 40.9 Å². The number of hydrogen-bond acceptors (Lipinski definition) is 2. The molecule has 2 unspecified atom stereocenters. The van der Waals surface area contributed by atoms with Crippen LogP contribution in [0.3, 0.4) is 0 Å². The van der Waals surface area contributed by atoms with Crippen LogP contribution in [0.4, 0.5) is 0 Å². The predicted molar refractivity (Wildman–Crippen MR) is 51.5 cm³/mol. The van der Waals surface area contributed by atoms with Crippen LogP contribution in [0.1, 0.15) is 38.5 Å². The average Bonchev–Trinajstić information content (AvgIpc) is 2.16. The van der Waals surface area contributed by atoms with Gasteiger partial charge < -0.3 is 0 Å². The molecule has 3 heteroatoms. The molecule has 2 nitrogen and oxygen atoms in total. The van der Waals surface area contributed by atoms with Crippen LogP contribution in [-0.2, 0) is 4.79 Å². The Kier molecular flexibility index (Phi) is 4.24. The number of carbonyl (C=O) groups is 1. The van der Waals surface area contributed by atoms with Gasteiger partial charge in [0.25, 0.3) is 0 Å². The highest BCUT2D eigenvalue weighted by Crippen LogP contribution is 2.25. The van der Waals surface area contributed by atoms with Crippen LogP contribution in [0.5, 0.6) is 0 Å². The first-order valence-corrected chi connectivity index (χ1v) is 5.24. The third-order valence-corrected chi connectivity index (χ3v) is 2.91. The summed E-state index contributed by atoms with van der Waals surface area (Å²) in [6, 6.07) is 1.97. The maximum atomic E-state index is 11.4. The van der Waals surface area contributed by atoms with Crippen LogP contribution >= 0.6 is 11.6 Å². The van der Waals surface area contributed by atoms with Crippen molar-refractivity contribution < 1.29 is 4.79 Å². The molecule has 0 heterocycles. The summed E-state index contributed by atoms with van der Waals surface area (Å²) in [5.74, 6) is 0.552. The van der Waals surface area contributed by atoms with E-state index in [1.807, 2.05) is 6.07 Å². The van der Waals surface area contributed by atoms with Gasteiger partial charge in [-0.3, -0.25) is 4.79 Å². The highest BCUT2D eigenvalue weighted by Gasteiger charge is 2.22. The first-order valence-electron chi connectivity index (χ1n) is 4.80. The van der Waals surface area contributed by atoms with Gasteiger partial charge in [-0.15, -0.1) is 11.6 Å². The molecule has 1 saturated carbocycles. The second-order valence-electron chi connectivity index (χ2n) is 3.58. The van der Waals surface area contributed by atoms with Crippen molar-refractivity contribution in [2.45, 2.75) is 43.9 Å². The number of hydrogen-bond donors (Lipinski definition) is 0. The van der Waals surface area contributed by atoms with Gasteiger partial charge in [0, 0.05) is 12.3 Å². The Balaban J connectivity index is 2.27. The van der Waals surface area contributed by atoms with E-state index in [0.29, 0.717) is 12.2 Å². The van der Waals surface area contributed by atoms with Crippen LogP contribution in [0, 0.1) is 17.2 Å². The Bertz CT molecular complexity index is 221. The fraction of sp³-hybridized carbons (Fsp3) is 0.800. The van der Waals surface area contributed by atoms with E-state index in [2.05, 4.69) is 0 Å². The number of nitriles is 1. The number of rotatable bonds is 3. The second kappa shape index (κ2) is 5.24. The number of ketones is 1. The zero-order valence-electron chi connectivity index (χ0n) is 7.63. The summed E-state index contributed by atoms with van der Waals surface area (Å²) in [6.45, 7) is 0. The summed E-state index contributed by atoms with van der Waals surface area (Å²) in [7, 11) is 0. The van der Waals surface area contributed by atoms with Gasteiger partial charge in [0.05, 0.1) is 6.07 Å². The summed E-state index contributed by atoms with van der Waals surface area (Å²) >= 11 is 5.66. The van der Waals surface area contributed by atoms with E-state index >= 15 is 0 Å². The number of alkyl halides is 1. The van der Waals surface area contributed by atoms with E-state index in [4.69, 9.17) is 16.9 Å². The maximum Gasteiger partial charge on any atom is 0.135 e. The molecule has 13 heavy (non-hydrogen) atoms. The van der Waals surface area contributed by atoms with Crippen molar-refractivity contribution in [3.8, 4) is 6.07 Å². The lowest BCUT2D eigenvalue weighted by molar-refractivity contribution is -0.124. The molecule has 0 aliphatic heterocycles. The van der Waals surface area contributed by atoms with E-state index in [-0.39, 0.29) is 5.92 Å². The Labute approximate surface area is 83.9 Å². The van der Waals surface area contributed by atoms with Crippen molar-refractivity contribution >= 4 is 17.4 Å². The van der Waals surface area contributed by atoms with Crippen molar-refractivity contribution in [2.24, 2.45) is 5.92 Å². The third kappa shape index (κ3) is 3.36. The van der Waals surface area contributed by atoms with Gasteiger partial charge in [-0.1, -0.05) is 6.42 Å². The average molecular weight is 200 g/mol. The predicted octanol–water partition coefficient (Wildman–Crippen LogP) is 2.66. The molecule has 0 amide bonds. The number of nitrogens with zero attached hydrogens (tertiary/aromatic N) is 1. The summed E-state index contributed by atoms with van der Waals surface area (Å²) < 4.78 is 0. The largest absolute Gasteiger partial charge is 0.299 e. The standard InChI is InChI=1S/C10H14ClNO/c11-9(7-12)6-5-8-3-1-2-4-10(8)13/h8-9H,1-6H2. The van der Waals surface area contributed by atoms with Gasteiger partial charge >= 0.3 is 0 Å². The SMILES string of the molecule is N#CC(Cl)CCC1CCCCC1=O. The second-order valence-corrected chi connectivity index (χ2v) is 4.11. The lowest BCUT2D eigenvalue weighted by Gasteiger charge is -2.20. The fourth-order valence-corrected chi connectivity index (χ4v) is 1.90. The molecular weight excluding hydrogens is 186 g/mol. The molecule has 0 aromatic rings. The van der Waals surface area contributed by atoms with Crippen molar-refractivity contribution in [3.63, 3.8) is 0 Å². The minimum atomic E-state index is -0.422. The first kappa shape index (κ1) is 10.5. The summed E-state index contributed by atoms with van der Waals surface area (Å²) in [4.78, 5) is 11.4. The van der Waals surface area contributed by atoms with Crippen molar-refractivity contribution in [3.05, 3.63) is 0 Å². The van der Waals surface area contributed by atoms with E-state index in [1.54, 1.807) is 0 Å². The normalized spacial score (nSPS) is 25.2. The lowest BCUT2D eigenvalue weighted by Crippen LogP contribution is -2.19. The van der Waals surface area contributed by atoms with Crippen LogP contribution < -0.4 is 0 Å². The van der Waals surface area contributed by atoms with Gasteiger partial charge in [0.1, 0.15) is 11.2 Å². The molecule has 1 aliphatic rings. The Morgan fingerprint density at radius 2 is 2.38 bits per heavy atom. The zero-order valence-corrected chi connectivity index (χ0v) is 8.39. The highest BCUT2D eigenvalue weighted by molar-refractivity contribution is 6.22. The molecule has 1 rings (SSSR count). The fourth-order valence-electron chi connectivity index (χ4n) is 1.77. The van der Waals surface area contributed by atoms with E-state index in [1.165, 1.54) is 0 Å². The molecule has 0 saturated heterocycles. The highest BCUT2D eigenvalue weighted by atomic mass is 35.5. The molecule has 1 fully saturated rings. The quantitative estimate of drug-likeness (QED) is 0.656. The molecule has 0 bridgehead atoms. The van der Waals surface area contributed by atoms with Crippen molar-refractivity contribution in [2.75, 3.05) is 0 Å². The van der Waals surface area contributed by atoms with Gasteiger partial charge in [-0.2, -0.15) is 5.26 Å². The molecule has 0 aromatic heterocycles. The van der Waals surface area contributed by atoms with Crippen LogP contribution in [-0.4, -0.2) is 11.2 Å². The molecule has 2 atom stereocenters. The van der Waals surface area contributed by atoms with Crippen LogP contribution in [0.15, 0.2) is 0 Å².